The number of amides is 1. The van der Waals surface area contributed by atoms with E-state index in [1.54, 1.807) is 25.8 Å². The number of methoxy groups -OCH3 is 1. The third-order valence-corrected chi connectivity index (χ3v) is 6.03. The highest BCUT2D eigenvalue weighted by atomic mass is 32.2. The maximum Gasteiger partial charge on any atom is 0.306 e. The summed E-state index contributed by atoms with van der Waals surface area (Å²) in [6.45, 7) is 3.17. The highest BCUT2D eigenvalue weighted by Crippen LogP contribution is 2.41. The number of carbonyl (C=O) groups is 2. The molecule has 0 bridgehead atoms. The molecular weight excluding hydrogens is 402 g/mol. The molecule has 0 radical (unpaired) electrons. The first-order chi connectivity index (χ1) is 14.6. The Hall–Kier alpha value is -2.67. The van der Waals surface area contributed by atoms with Crippen LogP contribution < -0.4 is 9.47 Å². The number of esters is 1. The molecule has 2 aromatic rings. The minimum absolute atomic E-state index is 0.0411. The van der Waals surface area contributed by atoms with E-state index in [-0.39, 0.29) is 30.1 Å². The molecule has 30 heavy (non-hydrogen) atoms. The summed E-state index contributed by atoms with van der Waals surface area (Å²) in [6, 6.07) is 15.7. The van der Waals surface area contributed by atoms with E-state index in [9.17, 15) is 9.59 Å². The Morgan fingerprint density at radius 2 is 1.90 bits per heavy atom. The van der Waals surface area contributed by atoms with Gasteiger partial charge in [0.1, 0.15) is 12.0 Å². The molecule has 1 atom stereocenters. The molecule has 1 aliphatic heterocycles. The molecular formula is C23H27NO5S. The van der Waals surface area contributed by atoms with Gasteiger partial charge in [0.2, 0.25) is 5.91 Å². The monoisotopic (exact) mass is 429 g/mol. The van der Waals surface area contributed by atoms with E-state index >= 15 is 0 Å². The Balaban J connectivity index is 1.70. The zero-order valence-electron chi connectivity index (χ0n) is 17.3. The number of carbonyl (C=O) groups excluding carboxylic acids is 2. The molecule has 0 aromatic heterocycles. The molecule has 1 heterocycles. The van der Waals surface area contributed by atoms with Gasteiger partial charge in [0.25, 0.3) is 0 Å². The average Bonchev–Trinajstić information content (AvgIpc) is 3.27. The third-order valence-electron chi connectivity index (χ3n) is 4.77. The molecule has 3 rings (SSSR count). The Labute approximate surface area is 181 Å². The molecule has 0 N–H and O–H groups in total. The largest absolute Gasteiger partial charge is 0.493 e. The number of hydrogen-bond donors (Lipinski definition) is 0. The van der Waals surface area contributed by atoms with E-state index in [0.717, 1.165) is 16.9 Å². The molecule has 1 unspecified atom stereocenters. The number of thioether (sulfide) groups is 1. The van der Waals surface area contributed by atoms with Crippen molar-refractivity contribution >= 4 is 23.6 Å². The van der Waals surface area contributed by atoms with Crippen molar-refractivity contribution in [2.75, 3.05) is 26.0 Å². The molecule has 1 amide bonds. The van der Waals surface area contributed by atoms with Gasteiger partial charge in [-0.05, 0) is 30.2 Å². The topological polar surface area (TPSA) is 65.1 Å². The van der Waals surface area contributed by atoms with Gasteiger partial charge in [0.05, 0.1) is 20.1 Å². The Bertz CT molecular complexity index is 858. The third kappa shape index (κ3) is 5.69. The lowest BCUT2D eigenvalue weighted by Crippen LogP contribution is -2.30. The summed E-state index contributed by atoms with van der Waals surface area (Å²) in [7, 11) is 1.61. The molecule has 1 saturated heterocycles. The molecule has 1 aliphatic rings. The molecule has 6 nitrogen and oxygen atoms in total. The first kappa shape index (κ1) is 22.0. The van der Waals surface area contributed by atoms with E-state index in [1.165, 1.54) is 0 Å². The van der Waals surface area contributed by atoms with Crippen LogP contribution in [0.2, 0.25) is 0 Å². The highest BCUT2D eigenvalue weighted by molar-refractivity contribution is 7.99. The molecule has 2 aromatic carbocycles. The van der Waals surface area contributed by atoms with Crippen molar-refractivity contribution in [1.82, 2.24) is 4.90 Å². The normalized spacial score (nSPS) is 15.7. The second-order valence-electron chi connectivity index (χ2n) is 6.80. The maximum atomic E-state index is 12.7. The number of ether oxygens (including phenoxy) is 3. The Morgan fingerprint density at radius 3 is 2.63 bits per heavy atom. The fraction of sp³-hybridized carbons (Fsp3) is 0.391. The molecule has 0 spiro atoms. The maximum absolute atomic E-state index is 12.7. The van der Waals surface area contributed by atoms with Crippen molar-refractivity contribution in [2.45, 2.75) is 31.7 Å². The van der Waals surface area contributed by atoms with Crippen molar-refractivity contribution < 1.29 is 23.8 Å². The van der Waals surface area contributed by atoms with Gasteiger partial charge in [-0.1, -0.05) is 36.4 Å². The summed E-state index contributed by atoms with van der Waals surface area (Å²) >= 11 is 1.71. The van der Waals surface area contributed by atoms with Crippen LogP contribution in [0.1, 0.15) is 36.3 Å². The van der Waals surface area contributed by atoms with E-state index in [1.807, 2.05) is 53.4 Å². The van der Waals surface area contributed by atoms with Crippen LogP contribution in [0.25, 0.3) is 0 Å². The molecule has 0 saturated carbocycles. The van der Waals surface area contributed by atoms with Crippen LogP contribution in [-0.2, 0) is 20.9 Å². The summed E-state index contributed by atoms with van der Waals surface area (Å²) in [5.41, 5.74) is 2.04. The second-order valence-corrected chi connectivity index (χ2v) is 7.99. The first-order valence-corrected chi connectivity index (χ1v) is 11.1. The van der Waals surface area contributed by atoms with E-state index in [4.69, 9.17) is 14.2 Å². The van der Waals surface area contributed by atoms with Crippen molar-refractivity contribution in [1.29, 1.82) is 0 Å². The Morgan fingerprint density at radius 1 is 1.10 bits per heavy atom. The van der Waals surface area contributed by atoms with Crippen molar-refractivity contribution in [3.05, 3.63) is 59.7 Å². The van der Waals surface area contributed by atoms with Gasteiger partial charge in [-0.15, -0.1) is 11.8 Å². The SMILES string of the molecule is CCOC(=O)CCC(=O)N1CCSC1c1ccc(OC)c(OCc2ccccc2)c1. The van der Waals surface area contributed by atoms with Crippen molar-refractivity contribution in [3.63, 3.8) is 0 Å². The van der Waals surface area contributed by atoms with Gasteiger partial charge in [0, 0.05) is 18.7 Å². The summed E-state index contributed by atoms with van der Waals surface area (Å²) in [5, 5.41) is -0.107. The van der Waals surface area contributed by atoms with Gasteiger partial charge in [-0.25, -0.2) is 0 Å². The fourth-order valence-electron chi connectivity index (χ4n) is 3.28. The molecule has 7 heteroatoms. The van der Waals surface area contributed by atoms with E-state index in [0.29, 0.717) is 31.3 Å². The van der Waals surface area contributed by atoms with Gasteiger partial charge < -0.3 is 19.1 Å². The second kappa shape index (κ2) is 10.9. The van der Waals surface area contributed by atoms with Gasteiger partial charge in [0.15, 0.2) is 11.5 Å². The summed E-state index contributed by atoms with van der Waals surface area (Å²) in [4.78, 5) is 26.1. The summed E-state index contributed by atoms with van der Waals surface area (Å²) in [6.07, 6.45) is 0.262. The van der Waals surface area contributed by atoms with Gasteiger partial charge in [-0.2, -0.15) is 0 Å². The van der Waals surface area contributed by atoms with Crippen molar-refractivity contribution in [3.8, 4) is 11.5 Å². The van der Waals surface area contributed by atoms with E-state index < -0.39 is 0 Å². The fourth-order valence-corrected chi connectivity index (χ4v) is 4.55. The van der Waals surface area contributed by atoms with E-state index in [2.05, 4.69) is 0 Å². The summed E-state index contributed by atoms with van der Waals surface area (Å²) < 4.78 is 16.4. The molecule has 1 fully saturated rings. The minimum atomic E-state index is -0.338. The molecule has 160 valence electrons. The predicted octanol–water partition coefficient (Wildman–Crippen LogP) is 4.19. The van der Waals surface area contributed by atoms with Crippen LogP contribution in [0.5, 0.6) is 11.5 Å². The van der Waals surface area contributed by atoms with Crippen LogP contribution in [-0.4, -0.2) is 42.8 Å². The van der Waals surface area contributed by atoms with Crippen LogP contribution in [0, 0.1) is 0 Å². The lowest BCUT2D eigenvalue weighted by atomic mass is 10.1. The summed E-state index contributed by atoms with van der Waals surface area (Å²) in [5.74, 6) is 1.77. The van der Waals surface area contributed by atoms with Crippen LogP contribution in [0.3, 0.4) is 0 Å². The van der Waals surface area contributed by atoms with Crippen LogP contribution in [0.15, 0.2) is 48.5 Å². The number of hydrogen-bond acceptors (Lipinski definition) is 6. The zero-order chi connectivity index (χ0) is 21.3. The number of rotatable bonds is 9. The standard InChI is InChI=1S/C23H27NO5S/c1-3-28-22(26)12-11-21(25)24-13-14-30-23(24)18-9-10-19(27-2)20(15-18)29-16-17-7-5-4-6-8-17/h4-10,15,23H,3,11-14,16H2,1-2H3. The number of benzene rings is 2. The van der Waals surface area contributed by atoms with Crippen LogP contribution in [0.4, 0.5) is 0 Å². The highest BCUT2D eigenvalue weighted by Gasteiger charge is 2.31. The number of nitrogens with zero attached hydrogens (tertiary/aromatic N) is 1. The van der Waals surface area contributed by atoms with Crippen LogP contribution >= 0.6 is 11.8 Å². The lowest BCUT2D eigenvalue weighted by Gasteiger charge is -2.25. The smallest absolute Gasteiger partial charge is 0.306 e. The quantitative estimate of drug-likeness (QED) is 0.557. The zero-order valence-corrected chi connectivity index (χ0v) is 18.2. The van der Waals surface area contributed by atoms with Gasteiger partial charge >= 0.3 is 5.97 Å². The van der Waals surface area contributed by atoms with Gasteiger partial charge in [-0.3, -0.25) is 9.59 Å². The van der Waals surface area contributed by atoms with Crippen molar-refractivity contribution in [2.24, 2.45) is 0 Å². The molecule has 0 aliphatic carbocycles. The predicted molar refractivity (Wildman–Crippen MR) is 117 cm³/mol. The minimum Gasteiger partial charge on any atom is -0.493 e. The average molecular weight is 430 g/mol. The first-order valence-electron chi connectivity index (χ1n) is 10.0. The Kier molecular flexibility index (Phi) is 8.02. The lowest BCUT2D eigenvalue weighted by molar-refractivity contribution is -0.145.